The number of thioether (sulfide) groups is 1. The summed E-state index contributed by atoms with van der Waals surface area (Å²) in [5.41, 5.74) is 0.602. The Hall–Kier alpha value is -1.04. The van der Waals surface area contributed by atoms with Gasteiger partial charge < -0.3 is 10.1 Å². The van der Waals surface area contributed by atoms with Gasteiger partial charge in [0.1, 0.15) is 12.2 Å². The normalized spacial score (nSPS) is 11.5. The van der Waals surface area contributed by atoms with E-state index in [1.807, 2.05) is 34.0 Å². The largest absolute Gasteiger partial charge is 0.358 e. The molecule has 1 aromatic heterocycles. The van der Waals surface area contributed by atoms with Crippen molar-refractivity contribution in [3.05, 3.63) is 21.6 Å². The number of aromatic nitrogens is 2. The van der Waals surface area contributed by atoms with Gasteiger partial charge in [-0.3, -0.25) is 0 Å². The van der Waals surface area contributed by atoms with Gasteiger partial charge in [-0.1, -0.05) is 27.7 Å². The molecule has 0 aliphatic carbocycles. The zero-order valence-electron chi connectivity index (χ0n) is 11.6. The Morgan fingerprint density at radius 1 is 1.33 bits per heavy atom. The quantitative estimate of drug-likeness (QED) is 0.587. The van der Waals surface area contributed by atoms with Crippen LogP contribution in [0.4, 0.5) is 5.82 Å². The van der Waals surface area contributed by atoms with Crippen LogP contribution in [0.5, 0.6) is 0 Å². The Kier molecular flexibility index (Phi) is 5.19. The number of nitro groups is 1. The van der Waals surface area contributed by atoms with Gasteiger partial charge in [0.2, 0.25) is 0 Å². The average Bonchev–Trinajstić information content (AvgIpc) is 2.65. The molecule has 5 nitrogen and oxygen atoms in total. The van der Waals surface area contributed by atoms with Crippen molar-refractivity contribution in [1.29, 1.82) is 0 Å². The van der Waals surface area contributed by atoms with E-state index in [1.54, 1.807) is 16.3 Å². The Morgan fingerprint density at radius 2 is 1.94 bits per heavy atom. The van der Waals surface area contributed by atoms with E-state index in [9.17, 15) is 10.1 Å². The number of hydrogen-bond acceptors (Lipinski definition) is 4. The molecule has 0 radical (unpaired) electrons. The molecule has 0 fully saturated rings. The Labute approximate surface area is 112 Å². The summed E-state index contributed by atoms with van der Waals surface area (Å²) in [5.74, 6) is 2.10. The fraction of sp³-hybridized carbons (Fsp3) is 0.750. The van der Waals surface area contributed by atoms with Crippen molar-refractivity contribution < 1.29 is 4.92 Å². The first-order valence-corrected chi connectivity index (χ1v) is 7.53. The summed E-state index contributed by atoms with van der Waals surface area (Å²) in [7, 11) is 0. The van der Waals surface area contributed by atoms with Gasteiger partial charge in [-0.05, 0) is 11.2 Å². The van der Waals surface area contributed by atoms with E-state index >= 15 is 0 Å². The van der Waals surface area contributed by atoms with E-state index in [1.165, 1.54) is 0 Å². The second-order valence-corrected chi connectivity index (χ2v) is 5.88. The first-order valence-electron chi connectivity index (χ1n) is 6.13. The van der Waals surface area contributed by atoms with E-state index in [-0.39, 0.29) is 22.6 Å². The highest BCUT2D eigenvalue weighted by Crippen LogP contribution is 2.30. The molecule has 18 heavy (non-hydrogen) atoms. The molecule has 0 bridgehead atoms. The summed E-state index contributed by atoms with van der Waals surface area (Å²) in [6, 6.07) is 0. The molecule has 0 unspecified atom stereocenters. The van der Waals surface area contributed by atoms with Crippen LogP contribution < -0.4 is 0 Å². The monoisotopic (exact) mass is 271 g/mol. The van der Waals surface area contributed by atoms with Crippen LogP contribution in [0, 0.1) is 10.1 Å². The van der Waals surface area contributed by atoms with Crippen LogP contribution in [0.15, 0.2) is 0 Å². The van der Waals surface area contributed by atoms with E-state index in [0.29, 0.717) is 12.2 Å². The van der Waals surface area contributed by atoms with E-state index in [2.05, 4.69) is 4.98 Å². The first-order chi connectivity index (χ1) is 8.40. The lowest BCUT2D eigenvalue weighted by molar-refractivity contribution is -0.393. The van der Waals surface area contributed by atoms with Gasteiger partial charge >= 0.3 is 5.82 Å². The molecular weight excluding hydrogens is 250 g/mol. The molecule has 0 amide bonds. The summed E-state index contributed by atoms with van der Waals surface area (Å²) in [6.07, 6.45) is 2.00. The van der Waals surface area contributed by atoms with Crippen LogP contribution >= 0.6 is 11.8 Å². The van der Waals surface area contributed by atoms with E-state index in [4.69, 9.17) is 0 Å². The summed E-state index contributed by atoms with van der Waals surface area (Å²) in [5, 5.41) is 11.3. The third-order valence-electron chi connectivity index (χ3n) is 2.75. The highest BCUT2D eigenvalue weighted by Gasteiger charge is 2.29. The molecule has 0 atom stereocenters. The Bertz CT molecular complexity index is 427. The van der Waals surface area contributed by atoms with Gasteiger partial charge in [0.25, 0.3) is 0 Å². The van der Waals surface area contributed by atoms with Crippen LogP contribution in [0.1, 0.15) is 51.0 Å². The van der Waals surface area contributed by atoms with Crippen LogP contribution in [0.2, 0.25) is 0 Å². The molecule has 0 saturated carbocycles. The highest BCUT2D eigenvalue weighted by atomic mass is 32.2. The molecule has 0 aliphatic rings. The fourth-order valence-electron chi connectivity index (χ4n) is 1.90. The van der Waals surface area contributed by atoms with Crippen molar-refractivity contribution in [2.75, 3.05) is 12.0 Å². The number of nitrogens with zero attached hydrogens (tertiary/aromatic N) is 3. The molecule has 0 spiro atoms. The maximum absolute atomic E-state index is 11.3. The van der Waals surface area contributed by atoms with Crippen molar-refractivity contribution in [1.82, 2.24) is 9.55 Å². The second-order valence-electron chi connectivity index (χ2n) is 4.89. The predicted octanol–water partition coefficient (Wildman–Crippen LogP) is 3.40. The summed E-state index contributed by atoms with van der Waals surface area (Å²) < 4.78 is 1.77. The zero-order chi connectivity index (χ0) is 13.9. The maximum atomic E-state index is 11.3. The number of rotatable bonds is 6. The van der Waals surface area contributed by atoms with Crippen LogP contribution in [0.3, 0.4) is 0 Å². The molecule has 1 aromatic rings. The van der Waals surface area contributed by atoms with Crippen molar-refractivity contribution in [2.45, 2.75) is 46.1 Å². The van der Waals surface area contributed by atoms with E-state index < -0.39 is 0 Å². The van der Waals surface area contributed by atoms with Gasteiger partial charge in [-0.15, -0.1) is 0 Å². The first kappa shape index (κ1) is 15.0. The predicted molar refractivity (Wildman–Crippen MR) is 75.4 cm³/mol. The lowest BCUT2D eigenvalue weighted by Crippen LogP contribution is -2.10. The van der Waals surface area contributed by atoms with E-state index in [0.717, 1.165) is 11.6 Å². The van der Waals surface area contributed by atoms with Crippen molar-refractivity contribution >= 4 is 17.6 Å². The molecule has 0 aliphatic heterocycles. The molecule has 1 heterocycles. The Balaban J connectivity index is 3.35. The molecular formula is C12H21N3O2S. The third-order valence-corrected chi connectivity index (χ3v) is 3.34. The average molecular weight is 271 g/mol. The molecule has 0 saturated heterocycles. The topological polar surface area (TPSA) is 61.0 Å². The molecule has 1 rings (SSSR count). The second kappa shape index (κ2) is 6.22. The highest BCUT2D eigenvalue weighted by molar-refractivity contribution is 7.98. The zero-order valence-corrected chi connectivity index (χ0v) is 12.5. The van der Waals surface area contributed by atoms with Gasteiger partial charge in [-0.2, -0.15) is 11.8 Å². The fourth-order valence-corrected chi connectivity index (χ4v) is 2.27. The lowest BCUT2D eigenvalue weighted by atomic mass is 10.1. The van der Waals surface area contributed by atoms with Gasteiger partial charge in [0.15, 0.2) is 5.82 Å². The van der Waals surface area contributed by atoms with Crippen LogP contribution in [-0.4, -0.2) is 26.5 Å². The van der Waals surface area contributed by atoms with Gasteiger partial charge in [-0.25, -0.2) is 9.55 Å². The standard InChI is InChI=1S/C12H21N3O2S/c1-8(2)10-12(15(16)17)14(6-7-18-5)11(13-10)9(3)4/h8-9H,6-7H2,1-5H3. The molecule has 0 N–H and O–H groups in total. The molecule has 6 heteroatoms. The van der Waals surface area contributed by atoms with Gasteiger partial charge in [0, 0.05) is 17.6 Å². The number of hydrogen-bond donors (Lipinski definition) is 0. The SMILES string of the molecule is CSCCn1c(C(C)C)nc(C(C)C)c1[N+](=O)[O-]. The molecule has 102 valence electrons. The van der Waals surface area contributed by atoms with Crippen LogP contribution in [0.25, 0.3) is 0 Å². The summed E-state index contributed by atoms with van der Waals surface area (Å²) in [6.45, 7) is 8.57. The Morgan fingerprint density at radius 3 is 2.33 bits per heavy atom. The van der Waals surface area contributed by atoms with Crippen molar-refractivity contribution in [3.8, 4) is 0 Å². The van der Waals surface area contributed by atoms with Crippen molar-refractivity contribution in [2.24, 2.45) is 0 Å². The minimum Gasteiger partial charge on any atom is -0.358 e. The maximum Gasteiger partial charge on any atom is 0.346 e. The van der Waals surface area contributed by atoms with Crippen LogP contribution in [-0.2, 0) is 6.54 Å². The summed E-state index contributed by atoms with van der Waals surface area (Å²) in [4.78, 5) is 15.5. The third kappa shape index (κ3) is 3.04. The number of imidazole rings is 1. The lowest BCUT2D eigenvalue weighted by Gasteiger charge is -2.06. The summed E-state index contributed by atoms with van der Waals surface area (Å²) >= 11 is 1.68. The smallest absolute Gasteiger partial charge is 0.346 e. The minimum atomic E-state index is -0.297. The van der Waals surface area contributed by atoms with Gasteiger partial charge in [0.05, 0.1) is 0 Å². The molecule has 0 aromatic carbocycles. The minimum absolute atomic E-state index is 0.0680. The van der Waals surface area contributed by atoms with Crippen molar-refractivity contribution in [3.63, 3.8) is 0 Å².